The minimum absolute atomic E-state index is 0.116. The molecule has 0 bridgehead atoms. The predicted molar refractivity (Wildman–Crippen MR) is 85.3 cm³/mol. The molecule has 4 rings (SSSR count). The maximum absolute atomic E-state index is 10.4. The highest BCUT2D eigenvalue weighted by Gasteiger charge is 2.54. The first-order chi connectivity index (χ1) is 10.5. The summed E-state index contributed by atoms with van der Waals surface area (Å²) in [5.74, 6) is 2.75. The van der Waals surface area contributed by atoms with Crippen molar-refractivity contribution in [2.24, 2.45) is 17.3 Å². The molecule has 120 valence electrons. The van der Waals surface area contributed by atoms with Crippen LogP contribution in [-0.4, -0.2) is 23.4 Å². The van der Waals surface area contributed by atoms with Gasteiger partial charge in [-0.15, -0.1) is 0 Å². The summed E-state index contributed by atoms with van der Waals surface area (Å²) in [7, 11) is 1.62. The van der Waals surface area contributed by atoms with Gasteiger partial charge >= 0.3 is 0 Å². The van der Waals surface area contributed by atoms with Gasteiger partial charge < -0.3 is 14.9 Å². The Balaban J connectivity index is 1.72. The zero-order valence-electron chi connectivity index (χ0n) is 13.5. The fourth-order valence-electron chi connectivity index (χ4n) is 5.72. The molecule has 0 spiro atoms. The van der Waals surface area contributed by atoms with Gasteiger partial charge in [-0.1, -0.05) is 6.92 Å². The summed E-state index contributed by atoms with van der Waals surface area (Å²) in [6.45, 7) is 2.30. The monoisotopic (exact) mass is 302 g/mol. The molecule has 0 aromatic heterocycles. The number of aromatic hydroxyl groups is 1. The highest BCUT2D eigenvalue weighted by molar-refractivity contribution is 5.49. The van der Waals surface area contributed by atoms with Crippen molar-refractivity contribution in [3.63, 3.8) is 0 Å². The Bertz CT molecular complexity index is 597. The van der Waals surface area contributed by atoms with E-state index in [2.05, 4.69) is 13.0 Å². The van der Waals surface area contributed by atoms with Crippen LogP contribution >= 0.6 is 0 Å². The fraction of sp³-hybridized carbons (Fsp3) is 0.684. The molecule has 3 heteroatoms. The maximum atomic E-state index is 10.4. The molecule has 1 unspecified atom stereocenters. The number of benzene rings is 1. The molecule has 2 N–H and O–H groups in total. The number of rotatable bonds is 1. The molecule has 1 aromatic rings. The molecule has 0 heterocycles. The number of methoxy groups -OCH3 is 1. The molecule has 0 amide bonds. The van der Waals surface area contributed by atoms with Crippen LogP contribution in [0.2, 0.25) is 0 Å². The van der Waals surface area contributed by atoms with Crippen molar-refractivity contribution >= 4 is 0 Å². The number of ether oxygens (including phenoxy) is 1. The minimum atomic E-state index is -0.116. The number of phenolic OH excluding ortho intramolecular Hbond substituents is 1. The molecule has 0 aliphatic heterocycles. The zero-order valence-corrected chi connectivity index (χ0v) is 13.5. The lowest BCUT2D eigenvalue weighted by Crippen LogP contribution is -2.43. The van der Waals surface area contributed by atoms with Crippen LogP contribution in [-0.2, 0) is 6.42 Å². The van der Waals surface area contributed by atoms with Crippen LogP contribution < -0.4 is 4.74 Å². The van der Waals surface area contributed by atoms with E-state index >= 15 is 0 Å². The van der Waals surface area contributed by atoms with E-state index in [9.17, 15) is 10.2 Å². The third-order valence-electron chi connectivity index (χ3n) is 6.97. The standard InChI is InChI=1S/C19H26O3/c1-19-8-7-12-13(15(19)5-6-18(19)21)4-3-11-9-16(20)17(22-2)10-14(11)12/h9-10,12-13,15,18,20-21H,3-8H2,1-2H3/t12-,13+,15-,18?,19-/m0/s1. The largest absolute Gasteiger partial charge is 0.504 e. The Hall–Kier alpha value is -1.22. The number of hydrogen-bond acceptors (Lipinski definition) is 3. The van der Waals surface area contributed by atoms with Crippen LogP contribution in [0.3, 0.4) is 0 Å². The summed E-state index contributed by atoms with van der Waals surface area (Å²) >= 11 is 0. The number of hydrogen-bond donors (Lipinski definition) is 2. The van der Waals surface area contributed by atoms with Crippen molar-refractivity contribution in [2.45, 2.75) is 57.5 Å². The lowest BCUT2D eigenvalue weighted by Gasteiger charge is -2.50. The first kappa shape index (κ1) is 14.4. The van der Waals surface area contributed by atoms with E-state index in [4.69, 9.17) is 4.74 Å². The molecule has 5 atom stereocenters. The van der Waals surface area contributed by atoms with Gasteiger partial charge in [-0.2, -0.15) is 0 Å². The summed E-state index contributed by atoms with van der Waals surface area (Å²) in [4.78, 5) is 0. The normalized spacial score (nSPS) is 39.8. The van der Waals surface area contributed by atoms with E-state index in [0.717, 1.165) is 25.7 Å². The lowest BCUT2D eigenvalue weighted by molar-refractivity contribution is -0.0226. The molecule has 1 aromatic carbocycles. The van der Waals surface area contributed by atoms with Crippen molar-refractivity contribution in [3.05, 3.63) is 23.3 Å². The van der Waals surface area contributed by atoms with E-state index in [1.54, 1.807) is 7.11 Å². The molecule has 3 aliphatic carbocycles. The van der Waals surface area contributed by atoms with Crippen LogP contribution in [0.1, 0.15) is 56.1 Å². The molecule has 2 saturated carbocycles. The Morgan fingerprint density at radius 2 is 2.00 bits per heavy atom. The van der Waals surface area contributed by atoms with E-state index in [1.165, 1.54) is 24.0 Å². The summed E-state index contributed by atoms with van der Waals surface area (Å²) in [6, 6.07) is 3.97. The van der Waals surface area contributed by atoms with Gasteiger partial charge in [0, 0.05) is 0 Å². The van der Waals surface area contributed by atoms with Crippen molar-refractivity contribution in [1.29, 1.82) is 0 Å². The van der Waals surface area contributed by atoms with Crippen LogP contribution in [0.15, 0.2) is 12.1 Å². The van der Waals surface area contributed by atoms with E-state index in [1.807, 2.05) is 6.07 Å². The molecular formula is C19H26O3. The molecule has 0 radical (unpaired) electrons. The van der Waals surface area contributed by atoms with Crippen molar-refractivity contribution in [2.75, 3.05) is 7.11 Å². The summed E-state index contributed by atoms with van der Waals surface area (Å²) in [5.41, 5.74) is 2.80. The summed E-state index contributed by atoms with van der Waals surface area (Å²) < 4.78 is 5.32. The summed E-state index contributed by atoms with van der Waals surface area (Å²) in [6.07, 6.45) is 6.51. The molecule has 3 nitrogen and oxygen atoms in total. The Morgan fingerprint density at radius 3 is 2.77 bits per heavy atom. The van der Waals surface area contributed by atoms with Gasteiger partial charge in [-0.05, 0) is 85.0 Å². The Labute approximate surface area is 132 Å². The highest BCUT2D eigenvalue weighted by atomic mass is 16.5. The number of aliphatic hydroxyl groups is 1. The Morgan fingerprint density at radius 1 is 1.18 bits per heavy atom. The van der Waals surface area contributed by atoms with E-state index < -0.39 is 0 Å². The summed E-state index contributed by atoms with van der Waals surface area (Å²) in [5, 5.41) is 20.5. The number of aliphatic hydroxyl groups excluding tert-OH is 1. The van der Waals surface area contributed by atoms with Crippen LogP contribution in [0, 0.1) is 17.3 Å². The molecule has 3 aliphatic rings. The van der Waals surface area contributed by atoms with Gasteiger partial charge in [-0.3, -0.25) is 0 Å². The molecule has 22 heavy (non-hydrogen) atoms. The number of aryl methyl sites for hydroxylation is 1. The second-order valence-electron chi connectivity index (χ2n) is 7.78. The SMILES string of the molecule is COc1cc2c(cc1O)CC[C@@H]1[C@@H]2CC[C@]2(C)C(O)CC[C@@H]12. The van der Waals surface area contributed by atoms with Gasteiger partial charge in [0.2, 0.25) is 0 Å². The quantitative estimate of drug-likeness (QED) is 0.833. The van der Waals surface area contributed by atoms with Crippen LogP contribution in [0.4, 0.5) is 0 Å². The average Bonchev–Trinajstić information content (AvgIpc) is 2.82. The zero-order chi connectivity index (χ0) is 15.5. The first-order valence-electron chi connectivity index (χ1n) is 8.62. The fourth-order valence-corrected chi connectivity index (χ4v) is 5.72. The highest BCUT2D eigenvalue weighted by Crippen LogP contribution is 2.61. The van der Waals surface area contributed by atoms with Gasteiger partial charge in [-0.25, -0.2) is 0 Å². The van der Waals surface area contributed by atoms with Gasteiger partial charge in [0.05, 0.1) is 13.2 Å². The van der Waals surface area contributed by atoms with Crippen LogP contribution in [0.5, 0.6) is 11.5 Å². The molecule has 0 saturated heterocycles. The smallest absolute Gasteiger partial charge is 0.160 e. The predicted octanol–water partition coefficient (Wildman–Crippen LogP) is 3.62. The second kappa shape index (κ2) is 4.89. The third-order valence-corrected chi connectivity index (χ3v) is 6.97. The minimum Gasteiger partial charge on any atom is -0.504 e. The van der Waals surface area contributed by atoms with Crippen molar-refractivity contribution < 1.29 is 14.9 Å². The third kappa shape index (κ3) is 1.84. The molecular weight excluding hydrogens is 276 g/mol. The van der Waals surface area contributed by atoms with Crippen LogP contribution in [0.25, 0.3) is 0 Å². The maximum Gasteiger partial charge on any atom is 0.160 e. The molecule has 2 fully saturated rings. The van der Waals surface area contributed by atoms with Crippen molar-refractivity contribution in [3.8, 4) is 11.5 Å². The Kier molecular flexibility index (Phi) is 3.19. The van der Waals surface area contributed by atoms with Gasteiger partial charge in [0.15, 0.2) is 11.5 Å². The van der Waals surface area contributed by atoms with Gasteiger partial charge in [0.25, 0.3) is 0 Å². The average molecular weight is 302 g/mol. The number of fused-ring (bicyclic) bond motifs is 5. The first-order valence-corrected chi connectivity index (χ1v) is 8.62. The number of phenols is 1. The van der Waals surface area contributed by atoms with Gasteiger partial charge in [0.1, 0.15) is 0 Å². The van der Waals surface area contributed by atoms with E-state index in [-0.39, 0.29) is 17.3 Å². The van der Waals surface area contributed by atoms with Crippen molar-refractivity contribution in [1.82, 2.24) is 0 Å². The topological polar surface area (TPSA) is 49.7 Å². The van der Waals surface area contributed by atoms with E-state index in [0.29, 0.717) is 23.5 Å². The lowest BCUT2D eigenvalue weighted by atomic mass is 9.55. The second-order valence-corrected chi connectivity index (χ2v) is 7.78.